The maximum absolute atomic E-state index is 3.58. The highest BCUT2D eigenvalue weighted by atomic mass is 14.9. The minimum atomic E-state index is 1.12. The van der Waals surface area contributed by atoms with Crippen LogP contribution in [-0.2, 0) is 6.42 Å². The van der Waals surface area contributed by atoms with Crippen LogP contribution >= 0.6 is 0 Å². The van der Waals surface area contributed by atoms with E-state index in [4.69, 9.17) is 0 Å². The first-order chi connectivity index (χ1) is 12.9. The van der Waals surface area contributed by atoms with Gasteiger partial charge in [0.25, 0.3) is 0 Å². The Kier molecular flexibility index (Phi) is 15.5. The van der Waals surface area contributed by atoms with E-state index in [0.29, 0.717) is 0 Å². The van der Waals surface area contributed by atoms with Gasteiger partial charge < -0.3 is 5.32 Å². The van der Waals surface area contributed by atoms with Gasteiger partial charge in [0.2, 0.25) is 0 Å². The average molecular weight is 360 g/mol. The Morgan fingerprint density at radius 3 is 1.54 bits per heavy atom. The number of hydrogen-bond donors (Lipinski definition) is 1. The molecule has 1 nitrogen and oxygen atoms in total. The number of aryl methyl sites for hydroxylation is 1. The van der Waals surface area contributed by atoms with Crippen molar-refractivity contribution < 1.29 is 0 Å². The lowest BCUT2D eigenvalue weighted by atomic mass is 10.0. The molecule has 1 N–H and O–H groups in total. The molecule has 0 aliphatic rings. The van der Waals surface area contributed by atoms with Gasteiger partial charge in [-0.15, -0.1) is 0 Å². The van der Waals surface area contributed by atoms with Crippen molar-refractivity contribution in [3.63, 3.8) is 0 Å². The Morgan fingerprint density at radius 2 is 1.00 bits per heavy atom. The van der Waals surface area contributed by atoms with Crippen molar-refractivity contribution in [2.24, 2.45) is 0 Å². The third-order valence-corrected chi connectivity index (χ3v) is 5.38. The molecule has 0 atom stereocenters. The van der Waals surface area contributed by atoms with E-state index in [0.717, 1.165) is 6.54 Å². The molecule has 0 unspecified atom stereocenters. The summed E-state index contributed by atoms with van der Waals surface area (Å²) in [7, 11) is 0. The van der Waals surface area contributed by atoms with Crippen molar-refractivity contribution in [2.75, 3.05) is 11.9 Å². The zero-order valence-corrected chi connectivity index (χ0v) is 17.8. The van der Waals surface area contributed by atoms with Crippen molar-refractivity contribution in [2.45, 2.75) is 117 Å². The highest BCUT2D eigenvalue weighted by Crippen LogP contribution is 2.14. The number of benzene rings is 1. The second-order valence-electron chi connectivity index (χ2n) is 7.97. The molecule has 0 fully saturated rings. The predicted molar refractivity (Wildman–Crippen MR) is 119 cm³/mol. The van der Waals surface area contributed by atoms with Crippen LogP contribution in [-0.4, -0.2) is 6.54 Å². The van der Waals surface area contributed by atoms with Crippen molar-refractivity contribution in [3.8, 4) is 0 Å². The van der Waals surface area contributed by atoms with Gasteiger partial charge in [-0.3, -0.25) is 0 Å². The van der Waals surface area contributed by atoms with Crippen molar-refractivity contribution in [1.82, 2.24) is 0 Å². The third-order valence-electron chi connectivity index (χ3n) is 5.38. The van der Waals surface area contributed by atoms with E-state index in [-0.39, 0.29) is 0 Å². The summed E-state index contributed by atoms with van der Waals surface area (Å²) in [6.07, 6.45) is 22.1. The summed E-state index contributed by atoms with van der Waals surface area (Å²) in [6, 6.07) is 9.16. The van der Waals surface area contributed by atoms with Gasteiger partial charge in [0.15, 0.2) is 0 Å². The molecule has 0 aliphatic heterocycles. The van der Waals surface area contributed by atoms with Gasteiger partial charge in [-0.25, -0.2) is 0 Å². The molecule has 26 heavy (non-hydrogen) atoms. The fourth-order valence-electron chi connectivity index (χ4n) is 3.57. The number of anilines is 1. The van der Waals surface area contributed by atoms with Gasteiger partial charge in [-0.05, 0) is 37.0 Å². The molecule has 1 rings (SSSR count). The first kappa shape index (κ1) is 23.1. The van der Waals surface area contributed by atoms with E-state index < -0.39 is 0 Å². The fraction of sp³-hybridized carbons (Fsp3) is 0.760. The molecule has 1 aromatic rings. The zero-order valence-electron chi connectivity index (χ0n) is 17.8. The van der Waals surface area contributed by atoms with Crippen molar-refractivity contribution in [1.29, 1.82) is 0 Å². The van der Waals surface area contributed by atoms with Gasteiger partial charge in [-0.1, -0.05) is 109 Å². The largest absolute Gasteiger partial charge is 0.385 e. The van der Waals surface area contributed by atoms with Crippen LogP contribution in [0.25, 0.3) is 0 Å². The fourth-order valence-corrected chi connectivity index (χ4v) is 3.57. The van der Waals surface area contributed by atoms with E-state index in [1.54, 1.807) is 0 Å². The maximum Gasteiger partial charge on any atom is 0.0340 e. The van der Waals surface area contributed by atoms with Crippen LogP contribution in [0.2, 0.25) is 0 Å². The van der Waals surface area contributed by atoms with Crippen LogP contribution in [0.5, 0.6) is 0 Å². The Morgan fingerprint density at radius 1 is 0.538 bits per heavy atom. The molecule has 0 spiro atoms. The van der Waals surface area contributed by atoms with Crippen molar-refractivity contribution >= 4 is 5.69 Å². The number of rotatable bonds is 18. The topological polar surface area (TPSA) is 12.0 Å². The van der Waals surface area contributed by atoms with E-state index in [9.17, 15) is 0 Å². The molecule has 0 aliphatic carbocycles. The molecule has 1 aromatic carbocycles. The minimum absolute atomic E-state index is 1.12. The summed E-state index contributed by atoms with van der Waals surface area (Å²) in [6.45, 7) is 5.69. The summed E-state index contributed by atoms with van der Waals surface area (Å²) < 4.78 is 0. The standard InChI is InChI=1S/C25H45N/c1-3-5-7-9-11-13-15-17-23-26-25-21-19-24(20-22-25)18-16-14-12-10-8-6-4-2/h19-22,26H,3-18,23H2,1-2H3. The lowest BCUT2D eigenvalue weighted by Gasteiger charge is -2.08. The normalized spacial score (nSPS) is 11.0. The molecule has 0 radical (unpaired) electrons. The van der Waals surface area contributed by atoms with Crippen LogP contribution in [0, 0.1) is 0 Å². The molecule has 0 saturated heterocycles. The van der Waals surface area contributed by atoms with E-state index in [2.05, 4.69) is 43.4 Å². The molecule has 150 valence electrons. The van der Waals surface area contributed by atoms with E-state index in [1.165, 1.54) is 114 Å². The van der Waals surface area contributed by atoms with Crippen LogP contribution in [0.15, 0.2) is 24.3 Å². The summed E-state index contributed by atoms with van der Waals surface area (Å²) in [5, 5.41) is 3.58. The van der Waals surface area contributed by atoms with Gasteiger partial charge >= 0.3 is 0 Å². The van der Waals surface area contributed by atoms with Crippen LogP contribution < -0.4 is 5.32 Å². The first-order valence-electron chi connectivity index (χ1n) is 11.7. The summed E-state index contributed by atoms with van der Waals surface area (Å²) >= 11 is 0. The molecule has 0 amide bonds. The molecule has 0 aromatic heterocycles. The minimum Gasteiger partial charge on any atom is -0.385 e. The second-order valence-corrected chi connectivity index (χ2v) is 7.97. The smallest absolute Gasteiger partial charge is 0.0340 e. The van der Waals surface area contributed by atoms with Crippen LogP contribution in [0.1, 0.15) is 116 Å². The summed E-state index contributed by atoms with van der Waals surface area (Å²) in [4.78, 5) is 0. The number of nitrogens with one attached hydrogen (secondary N) is 1. The zero-order chi connectivity index (χ0) is 18.7. The monoisotopic (exact) mass is 359 g/mol. The van der Waals surface area contributed by atoms with E-state index >= 15 is 0 Å². The quantitative estimate of drug-likeness (QED) is 0.259. The Hall–Kier alpha value is -0.980. The van der Waals surface area contributed by atoms with Crippen LogP contribution in [0.3, 0.4) is 0 Å². The molecular formula is C25H45N. The molecule has 0 heterocycles. The molecular weight excluding hydrogens is 314 g/mol. The number of hydrogen-bond acceptors (Lipinski definition) is 1. The lowest BCUT2D eigenvalue weighted by molar-refractivity contribution is 0.581. The molecule has 0 saturated carbocycles. The summed E-state index contributed by atoms with van der Waals surface area (Å²) in [5.74, 6) is 0. The molecule has 1 heteroatoms. The maximum atomic E-state index is 3.58. The van der Waals surface area contributed by atoms with Gasteiger partial charge in [0, 0.05) is 12.2 Å². The van der Waals surface area contributed by atoms with E-state index in [1.807, 2.05) is 0 Å². The molecule has 0 bridgehead atoms. The highest BCUT2D eigenvalue weighted by molar-refractivity contribution is 5.44. The second kappa shape index (κ2) is 17.4. The van der Waals surface area contributed by atoms with Gasteiger partial charge in [0.1, 0.15) is 0 Å². The third kappa shape index (κ3) is 13.3. The Balaban J connectivity index is 1.97. The van der Waals surface area contributed by atoms with Crippen LogP contribution in [0.4, 0.5) is 5.69 Å². The van der Waals surface area contributed by atoms with Gasteiger partial charge in [-0.2, -0.15) is 0 Å². The lowest BCUT2D eigenvalue weighted by Crippen LogP contribution is -2.01. The average Bonchev–Trinajstić information content (AvgIpc) is 2.67. The van der Waals surface area contributed by atoms with Gasteiger partial charge in [0.05, 0.1) is 0 Å². The SMILES string of the molecule is CCCCCCCCCCNc1ccc(CCCCCCCCC)cc1. The Labute approximate surface area is 164 Å². The van der Waals surface area contributed by atoms with Crippen molar-refractivity contribution in [3.05, 3.63) is 29.8 Å². The number of unbranched alkanes of at least 4 members (excludes halogenated alkanes) is 13. The summed E-state index contributed by atoms with van der Waals surface area (Å²) in [5.41, 5.74) is 2.78. The first-order valence-corrected chi connectivity index (χ1v) is 11.7. The predicted octanol–water partition coefficient (Wildman–Crippen LogP) is 8.53. The Bertz CT molecular complexity index is 395. The highest BCUT2D eigenvalue weighted by Gasteiger charge is 1.97.